The number of nitrogens with zero attached hydrogens (tertiary/aromatic N) is 4. The van der Waals surface area contributed by atoms with Gasteiger partial charge in [-0.3, -0.25) is 4.98 Å². The maximum absolute atomic E-state index is 4.53. The predicted molar refractivity (Wildman–Crippen MR) is 78.3 cm³/mol. The molecule has 0 fully saturated rings. The summed E-state index contributed by atoms with van der Waals surface area (Å²) in [5, 5.41) is 4.53. The minimum atomic E-state index is -0.0541. The molecule has 100 valence electrons. The van der Waals surface area contributed by atoms with E-state index < -0.39 is 0 Å². The molecule has 4 rings (SSSR count). The molecule has 4 heterocycles. The van der Waals surface area contributed by atoms with Crippen LogP contribution < -0.4 is 4.52 Å². The van der Waals surface area contributed by atoms with Crippen molar-refractivity contribution < 1.29 is 4.52 Å². The average Bonchev–Trinajstić information content (AvgIpc) is 2.92. The highest BCUT2D eigenvalue weighted by Crippen LogP contribution is 2.43. The number of allylic oxidation sites excluding steroid dienone is 1. The van der Waals surface area contributed by atoms with E-state index in [-0.39, 0.29) is 5.41 Å². The van der Waals surface area contributed by atoms with Gasteiger partial charge in [0.25, 0.3) is 0 Å². The number of hydrogen-bond acceptors (Lipinski definition) is 2. The predicted octanol–water partition coefficient (Wildman–Crippen LogP) is 2.71. The Hall–Kier alpha value is -2.23. The molecule has 0 radical (unpaired) electrons. The zero-order valence-corrected chi connectivity index (χ0v) is 11.8. The van der Waals surface area contributed by atoms with Crippen LogP contribution in [0.1, 0.15) is 32.3 Å². The van der Waals surface area contributed by atoms with E-state index in [4.69, 9.17) is 0 Å². The summed E-state index contributed by atoms with van der Waals surface area (Å²) in [5.74, 6) is 0. The molecule has 0 saturated heterocycles. The SMILES string of the molecule is C=C1n2ncc3ccc4nccc(c4[n+]32)C1(CC)CC. The number of hydrogen-bond donors (Lipinski definition) is 0. The van der Waals surface area contributed by atoms with Gasteiger partial charge in [-0.2, -0.15) is 0 Å². The van der Waals surface area contributed by atoms with Gasteiger partial charge in [0.1, 0.15) is 11.2 Å². The number of pyridine rings is 2. The molecule has 0 bridgehead atoms. The van der Waals surface area contributed by atoms with Gasteiger partial charge in [0.2, 0.25) is 11.7 Å². The van der Waals surface area contributed by atoms with Gasteiger partial charge in [-0.15, -0.1) is 4.52 Å². The molecule has 0 atom stereocenters. The number of rotatable bonds is 2. The number of aromatic nitrogens is 4. The zero-order valence-electron chi connectivity index (χ0n) is 11.8. The second-order valence-corrected chi connectivity index (χ2v) is 5.43. The van der Waals surface area contributed by atoms with E-state index in [0.717, 1.165) is 29.6 Å². The lowest BCUT2D eigenvalue weighted by Gasteiger charge is -2.34. The Morgan fingerprint density at radius 2 is 2.05 bits per heavy atom. The van der Waals surface area contributed by atoms with Crippen LogP contribution in [-0.4, -0.2) is 14.9 Å². The monoisotopic (exact) mass is 265 g/mol. The summed E-state index contributed by atoms with van der Waals surface area (Å²) in [6.07, 6.45) is 5.82. The first kappa shape index (κ1) is 11.6. The van der Waals surface area contributed by atoms with Gasteiger partial charge in [0.05, 0.1) is 0 Å². The summed E-state index contributed by atoms with van der Waals surface area (Å²) in [6, 6.07) is 6.27. The van der Waals surface area contributed by atoms with Crippen LogP contribution in [0, 0.1) is 0 Å². The minimum Gasteiger partial charge on any atom is -0.252 e. The first-order valence-corrected chi connectivity index (χ1v) is 7.11. The first-order valence-electron chi connectivity index (χ1n) is 7.11. The minimum absolute atomic E-state index is 0.0541. The van der Waals surface area contributed by atoms with Crippen LogP contribution in [0.15, 0.2) is 37.2 Å². The summed E-state index contributed by atoms with van der Waals surface area (Å²) < 4.78 is 2.13. The topological polar surface area (TPSA) is 34.8 Å². The Morgan fingerprint density at radius 3 is 2.80 bits per heavy atom. The van der Waals surface area contributed by atoms with Crippen LogP contribution >= 0.6 is 0 Å². The van der Waals surface area contributed by atoms with E-state index in [9.17, 15) is 0 Å². The highest BCUT2D eigenvalue weighted by Gasteiger charge is 2.43. The normalized spacial score (nSPS) is 16.4. The van der Waals surface area contributed by atoms with Crippen LogP contribution in [-0.2, 0) is 5.41 Å². The smallest absolute Gasteiger partial charge is 0.214 e. The Morgan fingerprint density at radius 1 is 1.25 bits per heavy atom. The van der Waals surface area contributed by atoms with Crippen LogP contribution in [0.5, 0.6) is 0 Å². The third-order valence-electron chi connectivity index (χ3n) is 4.83. The molecular formula is C16H17N4+. The molecule has 1 aliphatic rings. The fourth-order valence-electron chi connectivity index (χ4n) is 3.61. The van der Waals surface area contributed by atoms with Crippen molar-refractivity contribution in [2.75, 3.05) is 0 Å². The van der Waals surface area contributed by atoms with E-state index >= 15 is 0 Å². The molecule has 3 aromatic rings. The summed E-state index contributed by atoms with van der Waals surface area (Å²) in [6.45, 7) is 8.80. The molecule has 0 saturated carbocycles. The largest absolute Gasteiger partial charge is 0.252 e. The summed E-state index contributed by atoms with van der Waals surface area (Å²) in [7, 11) is 0. The second kappa shape index (κ2) is 3.66. The standard InChI is InChI=1S/C16H17N4/c1-4-16(5-2)11(3)20-18-10-12-6-7-14-15(19(12)20)13(16)8-9-17-14/h6-10H,3-5H2,1-2H3/q+1. The summed E-state index contributed by atoms with van der Waals surface area (Å²) in [4.78, 5) is 6.46. The van der Waals surface area contributed by atoms with Crippen molar-refractivity contribution in [3.8, 4) is 0 Å². The third kappa shape index (κ3) is 1.11. The van der Waals surface area contributed by atoms with E-state index in [0.29, 0.717) is 0 Å². The Labute approximate surface area is 117 Å². The summed E-state index contributed by atoms with van der Waals surface area (Å²) in [5.41, 5.74) is 5.57. The average molecular weight is 265 g/mol. The molecule has 4 nitrogen and oxygen atoms in total. The zero-order chi connectivity index (χ0) is 13.9. The van der Waals surface area contributed by atoms with Gasteiger partial charge in [-0.25, -0.2) is 0 Å². The molecule has 0 N–H and O–H groups in total. The lowest BCUT2D eigenvalue weighted by molar-refractivity contribution is -0.578. The van der Waals surface area contributed by atoms with Crippen molar-refractivity contribution in [1.29, 1.82) is 0 Å². The molecule has 4 heteroatoms. The van der Waals surface area contributed by atoms with Crippen molar-refractivity contribution in [2.45, 2.75) is 32.1 Å². The molecule has 0 amide bonds. The van der Waals surface area contributed by atoms with E-state index in [2.05, 4.69) is 53.2 Å². The van der Waals surface area contributed by atoms with Crippen LogP contribution in [0.3, 0.4) is 0 Å². The van der Waals surface area contributed by atoms with Crippen LogP contribution in [0.4, 0.5) is 0 Å². The van der Waals surface area contributed by atoms with Crippen molar-refractivity contribution in [3.05, 3.63) is 42.7 Å². The van der Waals surface area contributed by atoms with Gasteiger partial charge in [0.15, 0.2) is 5.52 Å². The Kier molecular flexibility index (Phi) is 2.12. The van der Waals surface area contributed by atoms with E-state index in [1.54, 1.807) is 0 Å². The molecule has 0 unspecified atom stereocenters. The maximum atomic E-state index is 4.53. The third-order valence-corrected chi connectivity index (χ3v) is 4.83. The van der Waals surface area contributed by atoms with Gasteiger partial charge in [-0.05, 0) is 35.8 Å². The molecule has 3 aromatic heterocycles. The quantitative estimate of drug-likeness (QED) is 0.668. The maximum Gasteiger partial charge on any atom is 0.214 e. The van der Waals surface area contributed by atoms with Crippen molar-refractivity contribution in [1.82, 2.24) is 14.9 Å². The van der Waals surface area contributed by atoms with Gasteiger partial charge < -0.3 is 0 Å². The highest BCUT2D eigenvalue weighted by molar-refractivity contribution is 5.81. The fourth-order valence-corrected chi connectivity index (χ4v) is 3.61. The fraction of sp³-hybridized carbons (Fsp3) is 0.312. The Bertz CT molecular complexity index is 855. The molecule has 0 aliphatic carbocycles. The first-order chi connectivity index (χ1) is 9.73. The Balaban J connectivity index is 2.31. The van der Waals surface area contributed by atoms with Crippen molar-refractivity contribution in [3.63, 3.8) is 0 Å². The van der Waals surface area contributed by atoms with Crippen LogP contribution in [0.25, 0.3) is 22.2 Å². The van der Waals surface area contributed by atoms with Gasteiger partial charge in [-0.1, -0.05) is 20.4 Å². The van der Waals surface area contributed by atoms with Crippen molar-refractivity contribution in [2.24, 2.45) is 0 Å². The van der Waals surface area contributed by atoms with E-state index in [1.807, 2.05) is 17.2 Å². The van der Waals surface area contributed by atoms with Crippen molar-refractivity contribution >= 4 is 22.2 Å². The molecule has 0 aromatic carbocycles. The van der Waals surface area contributed by atoms with Gasteiger partial charge >= 0.3 is 0 Å². The summed E-state index contributed by atoms with van der Waals surface area (Å²) >= 11 is 0. The second-order valence-electron chi connectivity index (χ2n) is 5.43. The lowest BCUT2D eigenvalue weighted by atomic mass is 9.72. The molecule has 1 aliphatic heterocycles. The lowest BCUT2D eigenvalue weighted by Crippen LogP contribution is -2.46. The molecule has 0 spiro atoms. The molecule has 20 heavy (non-hydrogen) atoms. The van der Waals surface area contributed by atoms with E-state index in [1.165, 1.54) is 11.1 Å². The van der Waals surface area contributed by atoms with Gasteiger partial charge in [0, 0.05) is 22.3 Å². The highest BCUT2D eigenvalue weighted by atomic mass is 15.5. The molecular weight excluding hydrogens is 248 g/mol. The van der Waals surface area contributed by atoms with Crippen LogP contribution in [0.2, 0.25) is 0 Å².